The number of sulfonamides is 1. The minimum absolute atomic E-state index is 0.00284. The summed E-state index contributed by atoms with van der Waals surface area (Å²) in [6.07, 6.45) is 2.31. The van der Waals surface area contributed by atoms with Crippen LogP contribution in [-0.4, -0.2) is 31.7 Å². The SMILES string of the molecule is Cc1[nH]ncc1S(=O)(=O)NCC1NCCc2ccccc21. The maximum Gasteiger partial charge on any atom is 0.244 e. The van der Waals surface area contributed by atoms with Gasteiger partial charge in [0.25, 0.3) is 0 Å². The van der Waals surface area contributed by atoms with E-state index in [1.54, 1.807) is 6.92 Å². The Labute approximate surface area is 124 Å². The molecule has 2 aromatic rings. The van der Waals surface area contributed by atoms with E-state index >= 15 is 0 Å². The van der Waals surface area contributed by atoms with E-state index in [2.05, 4.69) is 26.3 Å². The summed E-state index contributed by atoms with van der Waals surface area (Å²) in [5, 5.41) is 9.76. The van der Waals surface area contributed by atoms with Crippen molar-refractivity contribution in [3.63, 3.8) is 0 Å². The van der Waals surface area contributed by atoms with Crippen LogP contribution in [0.4, 0.5) is 0 Å². The molecule has 0 bridgehead atoms. The van der Waals surface area contributed by atoms with Gasteiger partial charge in [-0.05, 0) is 31.0 Å². The van der Waals surface area contributed by atoms with E-state index in [1.165, 1.54) is 11.8 Å². The number of hydrogen-bond donors (Lipinski definition) is 3. The topological polar surface area (TPSA) is 86.9 Å². The number of rotatable bonds is 4. The first-order valence-electron chi connectivity index (χ1n) is 6.89. The van der Waals surface area contributed by atoms with Crippen molar-refractivity contribution in [2.75, 3.05) is 13.1 Å². The highest BCUT2D eigenvalue weighted by Crippen LogP contribution is 2.22. The third-order valence-electron chi connectivity index (χ3n) is 3.77. The van der Waals surface area contributed by atoms with E-state index in [9.17, 15) is 8.42 Å². The molecule has 2 heterocycles. The highest BCUT2D eigenvalue weighted by atomic mass is 32.2. The number of H-pyrrole nitrogens is 1. The van der Waals surface area contributed by atoms with E-state index in [1.807, 2.05) is 18.2 Å². The number of hydrogen-bond acceptors (Lipinski definition) is 4. The fourth-order valence-electron chi connectivity index (χ4n) is 2.66. The van der Waals surface area contributed by atoms with Crippen LogP contribution in [0.3, 0.4) is 0 Å². The van der Waals surface area contributed by atoms with Gasteiger partial charge in [-0.15, -0.1) is 0 Å². The van der Waals surface area contributed by atoms with Crippen molar-refractivity contribution in [3.8, 4) is 0 Å². The van der Waals surface area contributed by atoms with Crippen molar-refractivity contribution < 1.29 is 8.42 Å². The Balaban J connectivity index is 1.76. The van der Waals surface area contributed by atoms with Crippen LogP contribution in [-0.2, 0) is 16.4 Å². The van der Waals surface area contributed by atoms with Crippen molar-refractivity contribution in [3.05, 3.63) is 47.3 Å². The highest BCUT2D eigenvalue weighted by molar-refractivity contribution is 7.89. The maximum absolute atomic E-state index is 12.3. The monoisotopic (exact) mass is 306 g/mol. The average Bonchev–Trinajstić information content (AvgIpc) is 2.92. The van der Waals surface area contributed by atoms with Crippen molar-refractivity contribution in [1.82, 2.24) is 20.2 Å². The largest absolute Gasteiger partial charge is 0.308 e. The van der Waals surface area contributed by atoms with Gasteiger partial charge in [0.15, 0.2) is 0 Å². The summed E-state index contributed by atoms with van der Waals surface area (Å²) < 4.78 is 27.2. The second-order valence-corrected chi connectivity index (χ2v) is 6.90. The highest BCUT2D eigenvalue weighted by Gasteiger charge is 2.23. The zero-order valence-electron chi connectivity index (χ0n) is 11.8. The third kappa shape index (κ3) is 2.85. The minimum Gasteiger partial charge on any atom is -0.308 e. The lowest BCUT2D eigenvalue weighted by Crippen LogP contribution is -2.38. The molecular weight excluding hydrogens is 288 g/mol. The van der Waals surface area contributed by atoms with Crippen LogP contribution in [0.15, 0.2) is 35.4 Å². The minimum atomic E-state index is -3.53. The molecule has 1 unspecified atom stereocenters. The fraction of sp³-hybridized carbons (Fsp3) is 0.357. The van der Waals surface area contributed by atoms with Crippen LogP contribution < -0.4 is 10.0 Å². The standard InChI is InChI=1S/C14H18N4O2S/c1-10-14(9-16-18-10)21(19,20)17-8-13-12-5-3-2-4-11(12)6-7-15-13/h2-5,9,13,15,17H,6-8H2,1H3,(H,16,18). The van der Waals surface area contributed by atoms with Crippen LogP contribution in [0.5, 0.6) is 0 Å². The first-order valence-corrected chi connectivity index (χ1v) is 8.37. The van der Waals surface area contributed by atoms with Gasteiger partial charge < -0.3 is 5.32 Å². The zero-order valence-corrected chi connectivity index (χ0v) is 12.6. The van der Waals surface area contributed by atoms with Gasteiger partial charge in [-0.25, -0.2) is 13.1 Å². The smallest absolute Gasteiger partial charge is 0.244 e. The van der Waals surface area contributed by atoms with Crippen LogP contribution >= 0.6 is 0 Å². The predicted molar refractivity (Wildman–Crippen MR) is 79.4 cm³/mol. The zero-order chi connectivity index (χ0) is 14.9. The molecule has 1 aliphatic heterocycles. The quantitative estimate of drug-likeness (QED) is 0.783. The van der Waals surface area contributed by atoms with E-state index in [-0.39, 0.29) is 10.9 Å². The Hall–Kier alpha value is -1.70. The van der Waals surface area contributed by atoms with Gasteiger partial charge in [-0.1, -0.05) is 24.3 Å². The first-order chi connectivity index (χ1) is 10.1. The van der Waals surface area contributed by atoms with Crippen LogP contribution in [0, 0.1) is 6.92 Å². The molecule has 0 spiro atoms. The molecule has 3 rings (SSSR count). The van der Waals surface area contributed by atoms with E-state index in [0.29, 0.717) is 12.2 Å². The summed E-state index contributed by atoms with van der Waals surface area (Å²) in [7, 11) is -3.53. The lowest BCUT2D eigenvalue weighted by Gasteiger charge is -2.27. The number of nitrogens with zero attached hydrogens (tertiary/aromatic N) is 1. The Morgan fingerprint density at radius 2 is 2.19 bits per heavy atom. The Kier molecular flexibility index (Phi) is 3.79. The molecule has 1 aromatic heterocycles. The second kappa shape index (κ2) is 5.59. The van der Waals surface area contributed by atoms with Crippen LogP contribution in [0.2, 0.25) is 0 Å². The number of fused-ring (bicyclic) bond motifs is 1. The molecule has 1 aromatic carbocycles. The molecule has 1 aliphatic rings. The Bertz CT molecular complexity index is 739. The molecule has 0 aliphatic carbocycles. The van der Waals surface area contributed by atoms with Crippen molar-refractivity contribution >= 4 is 10.0 Å². The predicted octanol–water partition coefficient (Wildman–Crippen LogP) is 0.883. The summed E-state index contributed by atoms with van der Waals surface area (Å²) in [5.41, 5.74) is 2.98. The number of benzene rings is 1. The molecule has 0 saturated carbocycles. The van der Waals surface area contributed by atoms with Gasteiger partial charge in [0, 0.05) is 12.6 Å². The third-order valence-corrected chi connectivity index (χ3v) is 5.30. The molecule has 21 heavy (non-hydrogen) atoms. The van der Waals surface area contributed by atoms with E-state index < -0.39 is 10.0 Å². The van der Waals surface area contributed by atoms with E-state index in [4.69, 9.17) is 0 Å². The summed E-state index contributed by atoms with van der Waals surface area (Å²) >= 11 is 0. The molecule has 0 saturated heterocycles. The molecular formula is C14H18N4O2S. The number of nitrogens with one attached hydrogen (secondary N) is 3. The molecule has 0 amide bonds. The Morgan fingerprint density at radius 3 is 2.95 bits per heavy atom. The Morgan fingerprint density at radius 1 is 1.38 bits per heavy atom. The molecule has 0 fully saturated rings. The second-order valence-electron chi connectivity index (χ2n) is 5.17. The number of aromatic amines is 1. The normalized spacial score (nSPS) is 18.4. The molecule has 1 atom stereocenters. The summed E-state index contributed by atoms with van der Waals surface area (Å²) in [6, 6.07) is 8.13. The van der Waals surface area contributed by atoms with Gasteiger partial charge in [0.2, 0.25) is 10.0 Å². The molecule has 6 nitrogen and oxygen atoms in total. The maximum atomic E-state index is 12.3. The van der Waals surface area contributed by atoms with Crippen LogP contribution in [0.25, 0.3) is 0 Å². The summed E-state index contributed by atoms with van der Waals surface area (Å²) in [5.74, 6) is 0. The van der Waals surface area contributed by atoms with Gasteiger partial charge in [0.1, 0.15) is 4.90 Å². The summed E-state index contributed by atoms with van der Waals surface area (Å²) in [6.45, 7) is 2.87. The number of aryl methyl sites for hydroxylation is 1. The lowest BCUT2D eigenvalue weighted by atomic mass is 9.95. The van der Waals surface area contributed by atoms with Crippen molar-refractivity contribution in [1.29, 1.82) is 0 Å². The molecule has 3 N–H and O–H groups in total. The van der Waals surface area contributed by atoms with Crippen molar-refractivity contribution in [2.45, 2.75) is 24.3 Å². The van der Waals surface area contributed by atoms with E-state index in [0.717, 1.165) is 18.5 Å². The lowest BCUT2D eigenvalue weighted by molar-refractivity contribution is 0.491. The molecule has 112 valence electrons. The van der Waals surface area contributed by atoms with Gasteiger partial charge in [0.05, 0.1) is 11.9 Å². The van der Waals surface area contributed by atoms with Crippen LogP contribution in [0.1, 0.15) is 22.9 Å². The molecule has 7 heteroatoms. The van der Waals surface area contributed by atoms with Gasteiger partial charge in [-0.2, -0.15) is 5.10 Å². The van der Waals surface area contributed by atoms with Gasteiger partial charge >= 0.3 is 0 Å². The summed E-state index contributed by atoms with van der Waals surface area (Å²) in [4.78, 5) is 0.201. The molecule has 0 radical (unpaired) electrons. The first kappa shape index (κ1) is 14.2. The van der Waals surface area contributed by atoms with Gasteiger partial charge in [-0.3, -0.25) is 5.10 Å². The number of aromatic nitrogens is 2. The average molecular weight is 306 g/mol. The fourth-order valence-corrected chi connectivity index (χ4v) is 3.84. The van der Waals surface area contributed by atoms with Crippen molar-refractivity contribution in [2.24, 2.45) is 0 Å².